The molecule has 1 aromatic carbocycles. The van der Waals surface area contributed by atoms with Crippen molar-refractivity contribution in [3.63, 3.8) is 0 Å². The lowest BCUT2D eigenvalue weighted by molar-refractivity contribution is 0.431. The number of imidazole rings is 1. The summed E-state index contributed by atoms with van der Waals surface area (Å²) in [6.45, 7) is 3.83. The van der Waals surface area contributed by atoms with Crippen LogP contribution in [0.4, 0.5) is 0 Å². The predicted molar refractivity (Wildman–Crippen MR) is 92.4 cm³/mol. The molecule has 3 heterocycles. The molecule has 4 aromatic rings. The number of nitrogens with zero attached hydrogens (tertiary/aromatic N) is 4. The van der Waals surface area contributed by atoms with Gasteiger partial charge in [-0.2, -0.15) is 4.98 Å². The second-order valence-electron chi connectivity index (χ2n) is 5.76. The van der Waals surface area contributed by atoms with Gasteiger partial charge in [-0.1, -0.05) is 23.4 Å². The topological polar surface area (TPSA) is 89.6 Å². The summed E-state index contributed by atoms with van der Waals surface area (Å²) >= 11 is 0. The zero-order chi connectivity index (χ0) is 17.4. The van der Waals surface area contributed by atoms with Crippen LogP contribution in [-0.2, 0) is 0 Å². The first-order valence-electron chi connectivity index (χ1n) is 7.76. The Balaban J connectivity index is 1.73. The van der Waals surface area contributed by atoms with E-state index in [0.717, 1.165) is 22.5 Å². The van der Waals surface area contributed by atoms with Crippen molar-refractivity contribution in [1.82, 2.24) is 24.7 Å². The van der Waals surface area contributed by atoms with Crippen LogP contribution < -0.4 is 5.69 Å². The summed E-state index contributed by atoms with van der Waals surface area (Å²) in [6, 6.07) is 11.2. The number of pyridine rings is 1. The Morgan fingerprint density at radius 2 is 2.04 bits per heavy atom. The molecule has 0 radical (unpaired) electrons. The number of aromatic nitrogens is 5. The number of hydrogen-bond acceptors (Lipinski definition) is 5. The molecule has 0 aliphatic carbocycles. The minimum Gasteiger partial charge on any atom is -0.332 e. The molecule has 0 aliphatic heterocycles. The third kappa shape index (κ3) is 2.76. The van der Waals surface area contributed by atoms with Crippen molar-refractivity contribution < 1.29 is 4.52 Å². The minimum atomic E-state index is -0.188. The van der Waals surface area contributed by atoms with E-state index in [2.05, 4.69) is 20.1 Å². The van der Waals surface area contributed by atoms with Gasteiger partial charge in [0.05, 0.1) is 5.69 Å². The van der Waals surface area contributed by atoms with Crippen molar-refractivity contribution >= 4 is 0 Å². The van der Waals surface area contributed by atoms with E-state index < -0.39 is 0 Å². The molecule has 0 unspecified atom stereocenters. The van der Waals surface area contributed by atoms with Crippen LogP contribution in [0.1, 0.15) is 11.3 Å². The smallest absolute Gasteiger partial charge is 0.330 e. The Bertz CT molecular complexity index is 1090. The number of aromatic amines is 1. The van der Waals surface area contributed by atoms with Gasteiger partial charge in [0.25, 0.3) is 5.89 Å². The van der Waals surface area contributed by atoms with E-state index in [0.29, 0.717) is 17.4 Å². The first-order chi connectivity index (χ1) is 12.1. The summed E-state index contributed by atoms with van der Waals surface area (Å²) in [5.41, 5.74) is 3.81. The number of nitrogens with one attached hydrogen (secondary N) is 1. The Morgan fingerprint density at radius 3 is 2.76 bits per heavy atom. The Kier molecular flexibility index (Phi) is 3.53. The molecule has 1 N–H and O–H groups in total. The van der Waals surface area contributed by atoms with Crippen LogP contribution in [-0.4, -0.2) is 24.7 Å². The Hall–Kier alpha value is -3.48. The summed E-state index contributed by atoms with van der Waals surface area (Å²) in [6.07, 6.45) is 3.42. The average Bonchev–Trinajstić information content (AvgIpc) is 3.23. The van der Waals surface area contributed by atoms with Crippen LogP contribution in [0.2, 0.25) is 0 Å². The number of H-pyrrole nitrogens is 1. The van der Waals surface area contributed by atoms with Crippen LogP contribution in [0, 0.1) is 13.8 Å². The number of hydrogen-bond donors (Lipinski definition) is 1. The SMILES string of the molecule is Cc1ccc(-c2nc(-c3cccc(-n4c(C)c[nH]c4=O)c3)no2)nc1. The van der Waals surface area contributed by atoms with Gasteiger partial charge in [0.15, 0.2) is 0 Å². The largest absolute Gasteiger partial charge is 0.332 e. The molecule has 0 spiro atoms. The summed E-state index contributed by atoms with van der Waals surface area (Å²) in [4.78, 5) is 23.3. The summed E-state index contributed by atoms with van der Waals surface area (Å²) in [7, 11) is 0. The van der Waals surface area contributed by atoms with Gasteiger partial charge in [0.1, 0.15) is 5.69 Å². The van der Waals surface area contributed by atoms with E-state index in [1.54, 1.807) is 17.0 Å². The molecular formula is C18H15N5O2. The molecule has 124 valence electrons. The molecular weight excluding hydrogens is 318 g/mol. The molecule has 0 saturated carbocycles. The lowest BCUT2D eigenvalue weighted by atomic mass is 10.2. The van der Waals surface area contributed by atoms with E-state index in [-0.39, 0.29) is 5.69 Å². The maximum atomic E-state index is 12.0. The molecule has 0 bridgehead atoms. The average molecular weight is 333 g/mol. The highest BCUT2D eigenvalue weighted by molar-refractivity contribution is 5.61. The maximum Gasteiger partial charge on any atom is 0.330 e. The van der Waals surface area contributed by atoms with Crippen LogP contribution >= 0.6 is 0 Å². The molecule has 0 amide bonds. The predicted octanol–water partition coefficient (Wildman–Crippen LogP) is 2.89. The Labute approximate surface area is 143 Å². The third-order valence-electron chi connectivity index (χ3n) is 3.88. The molecule has 7 heteroatoms. The number of rotatable bonds is 3. The van der Waals surface area contributed by atoms with Gasteiger partial charge in [0.2, 0.25) is 5.82 Å². The van der Waals surface area contributed by atoms with Gasteiger partial charge in [-0.15, -0.1) is 0 Å². The van der Waals surface area contributed by atoms with E-state index in [9.17, 15) is 4.79 Å². The normalized spacial score (nSPS) is 11.0. The molecule has 4 rings (SSSR count). The van der Waals surface area contributed by atoms with E-state index in [1.807, 2.05) is 50.2 Å². The fourth-order valence-electron chi connectivity index (χ4n) is 2.60. The zero-order valence-electron chi connectivity index (χ0n) is 13.7. The van der Waals surface area contributed by atoms with Gasteiger partial charge >= 0.3 is 5.69 Å². The first-order valence-corrected chi connectivity index (χ1v) is 7.76. The molecule has 25 heavy (non-hydrogen) atoms. The second kappa shape index (κ2) is 5.86. The van der Waals surface area contributed by atoms with Crippen molar-refractivity contribution in [2.75, 3.05) is 0 Å². The van der Waals surface area contributed by atoms with Crippen molar-refractivity contribution in [3.8, 4) is 28.7 Å². The molecule has 0 fully saturated rings. The highest BCUT2D eigenvalue weighted by Crippen LogP contribution is 2.23. The molecule has 0 saturated heterocycles. The second-order valence-corrected chi connectivity index (χ2v) is 5.76. The van der Waals surface area contributed by atoms with Gasteiger partial charge in [-0.25, -0.2) is 4.79 Å². The Morgan fingerprint density at radius 1 is 1.16 bits per heavy atom. The molecule has 7 nitrogen and oxygen atoms in total. The number of benzene rings is 1. The van der Waals surface area contributed by atoms with Gasteiger partial charge in [0, 0.05) is 23.7 Å². The molecule has 0 atom stereocenters. The maximum absolute atomic E-state index is 12.0. The fraction of sp³-hybridized carbons (Fsp3) is 0.111. The van der Waals surface area contributed by atoms with Gasteiger partial charge < -0.3 is 9.51 Å². The van der Waals surface area contributed by atoms with E-state index in [1.165, 1.54) is 0 Å². The summed E-state index contributed by atoms with van der Waals surface area (Å²) in [5, 5.41) is 4.03. The molecule has 0 aliphatic rings. The highest BCUT2D eigenvalue weighted by atomic mass is 16.5. The van der Waals surface area contributed by atoms with Crippen LogP contribution in [0.3, 0.4) is 0 Å². The quantitative estimate of drug-likeness (QED) is 0.622. The van der Waals surface area contributed by atoms with E-state index >= 15 is 0 Å². The van der Waals surface area contributed by atoms with Crippen LogP contribution in [0.15, 0.2) is 58.1 Å². The summed E-state index contributed by atoms with van der Waals surface area (Å²) in [5.74, 6) is 0.802. The molecule has 3 aromatic heterocycles. The standard InChI is InChI=1S/C18H15N5O2/c1-11-6-7-15(19-9-11)17-21-16(22-25-17)13-4-3-5-14(8-13)23-12(2)10-20-18(23)24/h3-10H,1-2H3,(H,20,24). The fourth-order valence-corrected chi connectivity index (χ4v) is 2.60. The minimum absolute atomic E-state index is 0.188. The van der Waals surface area contributed by atoms with Crippen molar-refractivity contribution in [1.29, 1.82) is 0 Å². The lowest BCUT2D eigenvalue weighted by Gasteiger charge is -2.05. The van der Waals surface area contributed by atoms with E-state index in [4.69, 9.17) is 4.52 Å². The van der Waals surface area contributed by atoms with Gasteiger partial charge in [-0.3, -0.25) is 9.55 Å². The zero-order valence-corrected chi connectivity index (χ0v) is 13.7. The van der Waals surface area contributed by atoms with Gasteiger partial charge in [-0.05, 0) is 37.6 Å². The number of aryl methyl sites for hydroxylation is 2. The highest BCUT2D eigenvalue weighted by Gasteiger charge is 2.13. The van der Waals surface area contributed by atoms with Crippen molar-refractivity contribution in [2.45, 2.75) is 13.8 Å². The van der Waals surface area contributed by atoms with Crippen LogP contribution in [0.25, 0.3) is 28.7 Å². The summed E-state index contributed by atoms with van der Waals surface area (Å²) < 4.78 is 6.91. The van der Waals surface area contributed by atoms with Crippen molar-refractivity contribution in [3.05, 3.63) is 70.5 Å². The third-order valence-corrected chi connectivity index (χ3v) is 3.88. The first kappa shape index (κ1) is 15.1. The monoisotopic (exact) mass is 333 g/mol. The lowest BCUT2D eigenvalue weighted by Crippen LogP contribution is -2.15. The van der Waals surface area contributed by atoms with Crippen LogP contribution in [0.5, 0.6) is 0 Å². The van der Waals surface area contributed by atoms with Crippen molar-refractivity contribution in [2.24, 2.45) is 0 Å².